The molecule has 0 fully saturated rings. The Balaban J connectivity index is 1.78. The van der Waals surface area contributed by atoms with Crippen molar-refractivity contribution >= 4 is 23.3 Å². The van der Waals surface area contributed by atoms with Crippen LogP contribution in [0.2, 0.25) is 0 Å². The number of fused-ring (bicyclic) bond motifs is 1. The van der Waals surface area contributed by atoms with Crippen LogP contribution < -0.4 is 15.6 Å². The number of carbonyl (C=O) groups is 1. The molecule has 2 aromatic heterocycles. The van der Waals surface area contributed by atoms with Gasteiger partial charge in [0.25, 0.3) is 11.5 Å². The molecule has 0 radical (unpaired) electrons. The number of aryl methyl sites for hydroxylation is 2. The molecule has 0 saturated carbocycles. The van der Waals surface area contributed by atoms with Gasteiger partial charge in [-0.25, -0.2) is 0 Å². The molecule has 7 nitrogen and oxygen atoms in total. The lowest BCUT2D eigenvalue weighted by atomic mass is 10.1. The number of nitrogens with one attached hydrogen (secondary N) is 1. The average molecular weight is 436 g/mol. The molecule has 4 rings (SSSR count). The van der Waals surface area contributed by atoms with Gasteiger partial charge in [-0.15, -0.1) is 0 Å². The number of rotatable bonds is 5. The summed E-state index contributed by atoms with van der Waals surface area (Å²) in [7, 11) is 0. The molecule has 2 aromatic carbocycles. The number of hydrogen-bond acceptors (Lipinski definition) is 5. The van der Waals surface area contributed by atoms with Gasteiger partial charge in [0.2, 0.25) is 5.88 Å². The lowest BCUT2D eigenvalue weighted by Gasteiger charge is -2.10. The molecule has 0 aliphatic carbocycles. The van der Waals surface area contributed by atoms with Crippen molar-refractivity contribution in [2.24, 2.45) is 0 Å². The second kappa shape index (κ2) is 9.20. The Morgan fingerprint density at radius 1 is 1.06 bits per heavy atom. The van der Waals surface area contributed by atoms with Crippen LogP contribution in [0.1, 0.15) is 16.7 Å². The smallest absolute Gasteiger partial charge is 0.269 e. The van der Waals surface area contributed by atoms with Gasteiger partial charge in [-0.3, -0.25) is 14.0 Å². The van der Waals surface area contributed by atoms with Gasteiger partial charge in [0.1, 0.15) is 28.6 Å². The molecule has 0 aliphatic heterocycles. The van der Waals surface area contributed by atoms with Crippen LogP contribution in [0.4, 0.5) is 5.69 Å². The molecule has 7 heteroatoms. The Bertz CT molecular complexity index is 1480. The number of nitrogens with zero attached hydrogens (tertiary/aromatic N) is 3. The van der Waals surface area contributed by atoms with Crippen LogP contribution in [0.3, 0.4) is 0 Å². The van der Waals surface area contributed by atoms with E-state index in [4.69, 9.17) is 4.74 Å². The third kappa shape index (κ3) is 4.65. The van der Waals surface area contributed by atoms with Crippen molar-refractivity contribution in [2.75, 3.05) is 5.32 Å². The molecule has 0 spiro atoms. The van der Waals surface area contributed by atoms with Crippen LogP contribution in [0.5, 0.6) is 11.6 Å². The lowest BCUT2D eigenvalue weighted by Crippen LogP contribution is -2.20. The number of ether oxygens (including phenoxy) is 1. The van der Waals surface area contributed by atoms with Crippen LogP contribution in [0.25, 0.3) is 11.7 Å². The van der Waals surface area contributed by atoms with Gasteiger partial charge < -0.3 is 10.1 Å². The zero-order valence-electron chi connectivity index (χ0n) is 18.1. The maximum Gasteiger partial charge on any atom is 0.269 e. The Morgan fingerprint density at radius 2 is 1.82 bits per heavy atom. The Hall–Kier alpha value is -4.70. The first-order valence-electron chi connectivity index (χ1n) is 10.2. The van der Waals surface area contributed by atoms with E-state index in [0.717, 1.165) is 11.1 Å². The van der Waals surface area contributed by atoms with Crippen LogP contribution in [0, 0.1) is 25.2 Å². The minimum atomic E-state index is -0.635. The maximum atomic E-state index is 13.2. The molecule has 0 unspecified atom stereocenters. The zero-order chi connectivity index (χ0) is 23.4. The quantitative estimate of drug-likeness (QED) is 0.363. The van der Waals surface area contributed by atoms with E-state index < -0.39 is 11.5 Å². The molecule has 4 aromatic rings. The van der Waals surface area contributed by atoms with E-state index >= 15 is 0 Å². The molecule has 2 heterocycles. The van der Waals surface area contributed by atoms with Gasteiger partial charge in [0.15, 0.2) is 0 Å². The summed E-state index contributed by atoms with van der Waals surface area (Å²) in [5.41, 5.74) is 2.31. The highest BCUT2D eigenvalue weighted by molar-refractivity contribution is 6.09. The Labute approximate surface area is 190 Å². The number of amides is 1. The van der Waals surface area contributed by atoms with E-state index in [1.165, 1.54) is 10.5 Å². The predicted octanol–water partition coefficient (Wildman–Crippen LogP) is 4.65. The molecular weight excluding hydrogens is 416 g/mol. The van der Waals surface area contributed by atoms with E-state index in [1.54, 1.807) is 54.7 Å². The monoisotopic (exact) mass is 436 g/mol. The first kappa shape index (κ1) is 21.5. The third-order valence-corrected chi connectivity index (χ3v) is 5.11. The molecule has 0 atom stereocenters. The van der Waals surface area contributed by atoms with Crippen LogP contribution >= 0.6 is 0 Å². The van der Waals surface area contributed by atoms with Crippen molar-refractivity contribution in [3.63, 3.8) is 0 Å². The molecule has 162 valence electrons. The average Bonchev–Trinajstić information content (AvgIpc) is 2.82. The summed E-state index contributed by atoms with van der Waals surface area (Å²) in [5.74, 6) is -0.162. The predicted molar refractivity (Wildman–Crippen MR) is 126 cm³/mol. The van der Waals surface area contributed by atoms with Crippen LogP contribution in [-0.4, -0.2) is 15.3 Å². The van der Waals surface area contributed by atoms with Crippen LogP contribution in [-0.2, 0) is 4.79 Å². The van der Waals surface area contributed by atoms with E-state index in [-0.39, 0.29) is 17.0 Å². The standard InChI is InChI=1S/C26H20N4O3/c1-17-11-12-20(14-18(17)2)28-24(31)19(16-27)15-22-25(33-21-8-4-3-5-9-21)29-23-10-6-7-13-30(23)26(22)32/h3-15H,1-2H3,(H,28,31)/b19-15-. The van der Waals surface area contributed by atoms with Gasteiger partial charge in [0, 0.05) is 11.9 Å². The topological polar surface area (TPSA) is 96.5 Å². The normalized spacial score (nSPS) is 11.1. The van der Waals surface area contributed by atoms with Gasteiger partial charge in [0.05, 0.1) is 0 Å². The second-order valence-corrected chi connectivity index (χ2v) is 7.40. The minimum Gasteiger partial charge on any atom is -0.438 e. The van der Waals surface area contributed by atoms with Gasteiger partial charge in [-0.1, -0.05) is 30.3 Å². The lowest BCUT2D eigenvalue weighted by molar-refractivity contribution is -0.112. The van der Waals surface area contributed by atoms with E-state index in [1.807, 2.05) is 38.1 Å². The number of para-hydroxylation sites is 1. The first-order valence-corrected chi connectivity index (χ1v) is 10.2. The molecule has 0 saturated heterocycles. The Morgan fingerprint density at radius 3 is 2.55 bits per heavy atom. The number of nitriles is 1. The van der Waals surface area contributed by atoms with Crippen molar-refractivity contribution in [2.45, 2.75) is 13.8 Å². The Kier molecular flexibility index (Phi) is 6.00. The number of anilines is 1. The summed E-state index contributed by atoms with van der Waals surface area (Å²) in [6, 6.07) is 21.3. The molecule has 0 aliphatic rings. The number of aromatic nitrogens is 2. The molecular formula is C26H20N4O3. The first-order chi connectivity index (χ1) is 16.0. The zero-order valence-corrected chi connectivity index (χ0v) is 18.1. The molecule has 33 heavy (non-hydrogen) atoms. The van der Waals surface area contributed by atoms with Crippen molar-refractivity contribution < 1.29 is 9.53 Å². The van der Waals surface area contributed by atoms with E-state index in [9.17, 15) is 14.9 Å². The summed E-state index contributed by atoms with van der Waals surface area (Å²) in [6.45, 7) is 3.90. The SMILES string of the molecule is Cc1ccc(NC(=O)/C(C#N)=C\c2c(Oc3ccccc3)nc3ccccn3c2=O)cc1C. The largest absolute Gasteiger partial charge is 0.438 e. The molecule has 0 bridgehead atoms. The van der Waals surface area contributed by atoms with E-state index in [0.29, 0.717) is 17.1 Å². The fourth-order valence-corrected chi connectivity index (χ4v) is 3.19. The summed E-state index contributed by atoms with van der Waals surface area (Å²) in [6.07, 6.45) is 2.78. The van der Waals surface area contributed by atoms with E-state index in [2.05, 4.69) is 10.3 Å². The summed E-state index contributed by atoms with van der Waals surface area (Å²) >= 11 is 0. The minimum absolute atomic E-state index is 0.00382. The fraction of sp³-hybridized carbons (Fsp3) is 0.0769. The highest BCUT2D eigenvalue weighted by atomic mass is 16.5. The highest BCUT2D eigenvalue weighted by Gasteiger charge is 2.17. The van der Waals surface area contributed by atoms with Gasteiger partial charge in [-0.2, -0.15) is 10.2 Å². The van der Waals surface area contributed by atoms with Crippen molar-refractivity contribution in [3.8, 4) is 17.7 Å². The van der Waals surface area contributed by atoms with Gasteiger partial charge >= 0.3 is 0 Å². The summed E-state index contributed by atoms with van der Waals surface area (Å²) in [5, 5.41) is 12.4. The number of pyridine rings is 1. The van der Waals surface area contributed by atoms with Crippen molar-refractivity contribution in [1.82, 2.24) is 9.38 Å². The fourth-order valence-electron chi connectivity index (χ4n) is 3.19. The highest BCUT2D eigenvalue weighted by Crippen LogP contribution is 2.24. The molecule has 1 N–H and O–H groups in total. The molecule has 1 amide bonds. The second-order valence-electron chi connectivity index (χ2n) is 7.40. The van der Waals surface area contributed by atoms with Gasteiger partial charge in [-0.05, 0) is 67.4 Å². The van der Waals surface area contributed by atoms with Crippen molar-refractivity contribution in [3.05, 3.63) is 106 Å². The van der Waals surface area contributed by atoms with Crippen LogP contribution in [0.15, 0.2) is 83.3 Å². The summed E-state index contributed by atoms with van der Waals surface area (Å²) < 4.78 is 7.19. The third-order valence-electron chi connectivity index (χ3n) is 5.11. The van der Waals surface area contributed by atoms with Crippen molar-refractivity contribution in [1.29, 1.82) is 5.26 Å². The number of benzene rings is 2. The number of carbonyl (C=O) groups excluding carboxylic acids is 1. The summed E-state index contributed by atoms with van der Waals surface area (Å²) in [4.78, 5) is 30.5. The maximum absolute atomic E-state index is 13.2. The number of hydrogen-bond donors (Lipinski definition) is 1.